The molecule has 0 atom stereocenters. The van der Waals surface area contributed by atoms with E-state index < -0.39 is 0 Å². The van der Waals surface area contributed by atoms with E-state index in [9.17, 15) is 0 Å². The Labute approximate surface area is 155 Å². The van der Waals surface area contributed by atoms with Crippen molar-refractivity contribution in [3.63, 3.8) is 0 Å². The molecule has 0 aliphatic carbocycles. The minimum Gasteiger partial charge on any atom is -0.494 e. The van der Waals surface area contributed by atoms with Crippen molar-refractivity contribution in [2.24, 2.45) is 4.99 Å². The van der Waals surface area contributed by atoms with Gasteiger partial charge in [0.15, 0.2) is 11.8 Å². The molecule has 1 N–H and O–H groups in total. The molecule has 7 nitrogen and oxygen atoms in total. The third kappa shape index (κ3) is 5.47. The summed E-state index contributed by atoms with van der Waals surface area (Å²) in [5.74, 6) is 2.90. The summed E-state index contributed by atoms with van der Waals surface area (Å²) >= 11 is 0. The molecule has 7 heteroatoms. The van der Waals surface area contributed by atoms with Gasteiger partial charge in [0, 0.05) is 26.1 Å². The van der Waals surface area contributed by atoms with E-state index in [1.54, 1.807) is 7.05 Å². The quantitative estimate of drug-likeness (QED) is 0.631. The highest BCUT2D eigenvalue weighted by Crippen LogP contribution is 2.19. The fraction of sp³-hybridized carbons (Fsp3) is 0.526. The molecule has 1 aromatic heterocycles. The van der Waals surface area contributed by atoms with E-state index in [1.165, 1.54) is 5.56 Å². The van der Waals surface area contributed by atoms with Crippen LogP contribution in [-0.4, -0.2) is 41.7 Å². The Hall–Kier alpha value is -2.57. The second-order valence-corrected chi connectivity index (χ2v) is 7.10. The highest BCUT2D eigenvalue weighted by atomic mass is 16.5. The van der Waals surface area contributed by atoms with Crippen LogP contribution in [0, 0.1) is 0 Å². The minimum atomic E-state index is -0.155. The summed E-state index contributed by atoms with van der Waals surface area (Å²) in [4.78, 5) is 10.8. The van der Waals surface area contributed by atoms with Crippen molar-refractivity contribution in [2.45, 2.75) is 46.2 Å². The van der Waals surface area contributed by atoms with Gasteiger partial charge in [-0.05, 0) is 24.6 Å². The van der Waals surface area contributed by atoms with E-state index in [4.69, 9.17) is 9.26 Å². The van der Waals surface area contributed by atoms with Crippen LogP contribution in [0.1, 0.15) is 45.0 Å². The van der Waals surface area contributed by atoms with Crippen LogP contribution in [-0.2, 0) is 18.5 Å². The predicted molar refractivity (Wildman–Crippen MR) is 102 cm³/mol. The normalized spacial score (nSPS) is 12.2. The fourth-order valence-corrected chi connectivity index (χ4v) is 2.38. The number of rotatable bonds is 6. The summed E-state index contributed by atoms with van der Waals surface area (Å²) < 4.78 is 10.8. The standard InChI is InChI=1S/C19H29N5O2/c1-7-25-15-10-8-14(9-11-15)13-24(6)18(20-5)21-12-16-22-17(26-23-16)19(2,3)4/h8-11H,7,12-13H2,1-6H3,(H,20,21). The van der Waals surface area contributed by atoms with Crippen molar-refractivity contribution in [3.05, 3.63) is 41.5 Å². The monoisotopic (exact) mass is 359 g/mol. The first-order valence-electron chi connectivity index (χ1n) is 8.80. The summed E-state index contributed by atoms with van der Waals surface area (Å²) in [6.07, 6.45) is 0. The van der Waals surface area contributed by atoms with Gasteiger partial charge in [-0.3, -0.25) is 4.99 Å². The number of guanidine groups is 1. The Morgan fingerprint density at radius 3 is 2.50 bits per heavy atom. The van der Waals surface area contributed by atoms with Crippen LogP contribution in [0.3, 0.4) is 0 Å². The van der Waals surface area contributed by atoms with E-state index in [1.807, 2.05) is 51.8 Å². The van der Waals surface area contributed by atoms with Crippen molar-refractivity contribution in [1.29, 1.82) is 0 Å². The number of hydrogen-bond donors (Lipinski definition) is 1. The number of aliphatic imine (C=N–C) groups is 1. The van der Waals surface area contributed by atoms with Crippen LogP contribution in [0.2, 0.25) is 0 Å². The van der Waals surface area contributed by atoms with E-state index in [2.05, 4.69) is 32.6 Å². The predicted octanol–water partition coefficient (Wildman–Crippen LogP) is 2.97. The Morgan fingerprint density at radius 1 is 1.27 bits per heavy atom. The van der Waals surface area contributed by atoms with Crippen molar-refractivity contribution in [1.82, 2.24) is 20.4 Å². The molecule has 0 saturated heterocycles. The maximum Gasteiger partial charge on any atom is 0.232 e. The van der Waals surface area contributed by atoms with Gasteiger partial charge in [-0.15, -0.1) is 0 Å². The third-order valence-electron chi connectivity index (χ3n) is 3.74. The summed E-state index contributed by atoms with van der Waals surface area (Å²) in [6.45, 7) is 9.96. The molecular formula is C19H29N5O2. The zero-order valence-electron chi connectivity index (χ0n) is 16.5. The van der Waals surface area contributed by atoms with Crippen LogP contribution in [0.5, 0.6) is 5.75 Å². The van der Waals surface area contributed by atoms with Crippen molar-refractivity contribution in [3.8, 4) is 5.75 Å². The molecule has 0 aliphatic heterocycles. The molecule has 0 unspecified atom stereocenters. The molecule has 0 bridgehead atoms. The van der Waals surface area contributed by atoms with Crippen LogP contribution >= 0.6 is 0 Å². The number of nitrogens with one attached hydrogen (secondary N) is 1. The van der Waals surface area contributed by atoms with E-state index >= 15 is 0 Å². The van der Waals surface area contributed by atoms with Crippen molar-refractivity contribution >= 4 is 5.96 Å². The lowest BCUT2D eigenvalue weighted by Crippen LogP contribution is -2.38. The zero-order chi connectivity index (χ0) is 19.2. The topological polar surface area (TPSA) is 75.8 Å². The van der Waals surface area contributed by atoms with Crippen LogP contribution in [0.25, 0.3) is 0 Å². The average molecular weight is 359 g/mol. The molecular weight excluding hydrogens is 330 g/mol. The van der Waals surface area contributed by atoms with Gasteiger partial charge in [0.2, 0.25) is 5.89 Å². The summed E-state index contributed by atoms with van der Waals surface area (Å²) in [5.41, 5.74) is 1.02. The Balaban J connectivity index is 1.92. The fourth-order valence-electron chi connectivity index (χ4n) is 2.38. The van der Waals surface area contributed by atoms with Gasteiger partial charge in [-0.25, -0.2) is 0 Å². The Bertz CT molecular complexity index is 716. The van der Waals surface area contributed by atoms with Crippen LogP contribution < -0.4 is 10.1 Å². The largest absolute Gasteiger partial charge is 0.494 e. The van der Waals surface area contributed by atoms with Gasteiger partial charge in [0.05, 0.1) is 13.2 Å². The van der Waals surface area contributed by atoms with Gasteiger partial charge in [0.1, 0.15) is 5.75 Å². The molecule has 1 aromatic carbocycles. The van der Waals surface area contributed by atoms with Gasteiger partial charge in [-0.2, -0.15) is 4.98 Å². The number of hydrogen-bond acceptors (Lipinski definition) is 5. The number of benzene rings is 1. The van der Waals surface area contributed by atoms with E-state index in [0.29, 0.717) is 24.9 Å². The first-order chi connectivity index (χ1) is 12.3. The first-order valence-corrected chi connectivity index (χ1v) is 8.80. The smallest absolute Gasteiger partial charge is 0.232 e. The minimum absolute atomic E-state index is 0.155. The Morgan fingerprint density at radius 2 is 1.96 bits per heavy atom. The zero-order valence-corrected chi connectivity index (χ0v) is 16.5. The highest BCUT2D eigenvalue weighted by molar-refractivity contribution is 5.79. The lowest BCUT2D eigenvalue weighted by Gasteiger charge is -2.21. The lowest BCUT2D eigenvalue weighted by atomic mass is 9.97. The molecule has 0 fully saturated rings. The van der Waals surface area contributed by atoms with Gasteiger partial charge >= 0.3 is 0 Å². The van der Waals surface area contributed by atoms with E-state index in [-0.39, 0.29) is 5.41 Å². The van der Waals surface area contributed by atoms with E-state index in [0.717, 1.165) is 18.3 Å². The molecule has 0 amide bonds. The number of ether oxygens (including phenoxy) is 1. The summed E-state index contributed by atoms with van der Waals surface area (Å²) in [5, 5.41) is 7.29. The summed E-state index contributed by atoms with van der Waals surface area (Å²) in [6, 6.07) is 8.08. The second kappa shape index (κ2) is 8.69. The number of aromatic nitrogens is 2. The lowest BCUT2D eigenvalue weighted by molar-refractivity contribution is 0.318. The number of nitrogens with zero attached hydrogens (tertiary/aromatic N) is 4. The maximum absolute atomic E-state index is 5.48. The molecule has 2 rings (SSSR count). The molecule has 0 spiro atoms. The molecule has 26 heavy (non-hydrogen) atoms. The highest BCUT2D eigenvalue weighted by Gasteiger charge is 2.21. The van der Waals surface area contributed by atoms with Crippen LogP contribution in [0.15, 0.2) is 33.8 Å². The molecule has 1 heterocycles. The van der Waals surface area contributed by atoms with Gasteiger partial charge < -0.3 is 19.5 Å². The SMILES string of the molecule is CCOc1ccc(CN(C)C(=NC)NCc2noc(C(C)(C)C)n2)cc1. The maximum atomic E-state index is 5.48. The average Bonchev–Trinajstić information content (AvgIpc) is 3.07. The molecule has 0 saturated carbocycles. The van der Waals surface area contributed by atoms with Crippen LogP contribution in [0.4, 0.5) is 0 Å². The second-order valence-electron chi connectivity index (χ2n) is 7.10. The summed E-state index contributed by atoms with van der Waals surface area (Å²) in [7, 11) is 3.75. The third-order valence-corrected chi connectivity index (χ3v) is 3.74. The molecule has 0 aliphatic rings. The molecule has 142 valence electrons. The molecule has 0 radical (unpaired) electrons. The molecule has 2 aromatic rings. The first kappa shape index (κ1) is 19.8. The van der Waals surface area contributed by atoms with Gasteiger partial charge in [-0.1, -0.05) is 38.1 Å². The van der Waals surface area contributed by atoms with Crippen molar-refractivity contribution < 1.29 is 9.26 Å². The van der Waals surface area contributed by atoms with Crippen molar-refractivity contribution in [2.75, 3.05) is 20.7 Å². The Kier molecular flexibility index (Phi) is 6.60. The van der Waals surface area contributed by atoms with Gasteiger partial charge in [0.25, 0.3) is 0 Å².